The summed E-state index contributed by atoms with van der Waals surface area (Å²) >= 11 is 0. The van der Waals surface area contributed by atoms with E-state index in [2.05, 4.69) is 5.32 Å². The van der Waals surface area contributed by atoms with Crippen molar-refractivity contribution in [3.05, 3.63) is 95.6 Å². The fourth-order valence-electron chi connectivity index (χ4n) is 4.50. The van der Waals surface area contributed by atoms with Gasteiger partial charge in [-0.1, -0.05) is 42.5 Å². The van der Waals surface area contributed by atoms with Crippen LogP contribution in [0.3, 0.4) is 0 Å². The molecule has 1 atom stereocenters. The van der Waals surface area contributed by atoms with Gasteiger partial charge in [-0.05, 0) is 54.3 Å². The highest BCUT2D eigenvalue weighted by atomic mass is 32.2. The number of rotatable bonds is 8. The molecule has 1 N–H and O–H groups in total. The zero-order chi connectivity index (χ0) is 27.6. The van der Waals surface area contributed by atoms with E-state index in [1.165, 1.54) is 22.5 Å². The van der Waals surface area contributed by atoms with Crippen LogP contribution < -0.4 is 10.1 Å². The molecule has 2 heterocycles. The monoisotopic (exact) mass is 558 g/mol. The molecule has 11 heteroatoms. The highest BCUT2D eigenvalue weighted by Crippen LogP contribution is 2.31. The van der Waals surface area contributed by atoms with Gasteiger partial charge in [0, 0.05) is 24.5 Å². The molecular weight excluding hydrogens is 533 g/mol. The van der Waals surface area contributed by atoms with E-state index in [0.717, 1.165) is 17.7 Å². The molecule has 204 valence electrons. The minimum absolute atomic E-state index is 0.0740. The molecule has 1 fully saturated rings. The standard InChI is InChI=1S/C28H25F3N2O5S/c29-28(30,31)22-12-10-19(11-13-22)18-37-23-7-3-5-20(15-23)17-32-27(34)24-8-4-14-33(24)39(35,36)26-16-21-6-1-2-9-25(21)38-26/h1-3,5-7,9-13,15-16,24H,4,8,14,17-18H2,(H,32,34). The zero-order valence-electron chi connectivity index (χ0n) is 20.6. The average Bonchev–Trinajstić information content (AvgIpc) is 3.59. The van der Waals surface area contributed by atoms with E-state index >= 15 is 0 Å². The van der Waals surface area contributed by atoms with Gasteiger partial charge in [-0.25, -0.2) is 8.42 Å². The molecular formula is C28H25F3N2O5S. The maximum atomic E-state index is 13.3. The second-order valence-corrected chi connectivity index (χ2v) is 11.0. The van der Waals surface area contributed by atoms with Gasteiger partial charge in [0.15, 0.2) is 0 Å². The first-order valence-corrected chi connectivity index (χ1v) is 13.7. The number of hydrogen-bond donors (Lipinski definition) is 1. The summed E-state index contributed by atoms with van der Waals surface area (Å²) in [4.78, 5) is 13.0. The second kappa shape index (κ2) is 10.7. The van der Waals surface area contributed by atoms with Gasteiger partial charge in [0.1, 0.15) is 24.0 Å². The van der Waals surface area contributed by atoms with Gasteiger partial charge in [0.2, 0.25) is 11.0 Å². The number of para-hydroxylation sites is 1. The van der Waals surface area contributed by atoms with Crippen molar-refractivity contribution in [2.75, 3.05) is 6.54 Å². The molecule has 5 rings (SSSR count). The fourth-order valence-corrected chi connectivity index (χ4v) is 6.11. The van der Waals surface area contributed by atoms with Crippen LogP contribution in [0.2, 0.25) is 0 Å². The first-order valence-electron chi connectivity index (χ1n) is 12.3. The Morgan fingerprint density at radius 1 is 1.00 bits per heavy atom. The van der Waals surface area contributed by atoms with Crippen molar-refractivity contribution in [3.63, 3.8) is 0 Å². The molecule has 0 saturated carbocycles. The Balaban J connectivity index is 1.20. The first kappa shape index (κ1) is 26.8. The minimum Gasteiger partial charge on any atom is -0.489 e. The number of benzene rings is 3. The van der Waals surface area contributed by atoms with Crippen molar-refractivity contribution in [1.29, 1.82) is 0 Å². The van der Waals surface area contributed by atoms with E-state index in [1.807, 2.05) is 0 Å². The van der Waals surface area contributed by atoms with Gasteiger partial charge < -0.3 is 14.5 Å². The molecule has 0 radical (unpaired) electrons. The lowest BCUT2D eigenvalue weighted by atomic mass is 10.1. The molecule has 0 bridgehead atoms. The van der Waals surface area contributed by atoms with Crippen molar-refractivity contribution in [3.8, 4) is 5.75 Å². The number of alkyl halides is 3. The smallest absolute Gasteiger partial charge is 0.416 e. The molecule has 39 heavy (non-hydrogen) atoms. The predicted octanol–water partition coefficient (Wildman–Crippen LogP) is 5.50. The van der Waals surface area contributed by atoms with E-state index in [0.29, 0.717) is 35.1 Å². The summed E-state index contributed by atoms with van der Waals surface area (Å²) in [6, 6.07) is 19.2. The van der Waals surface area contributed by atoms with Gasteiger partial charge in [-0.2, -0.15) is 17.5 Å². The van der Waals surface area contributed by atoms with Crippen LogP contribution in [-0.4, -0.2) is 31.2 Å². The van der Waals surface area contributed by atoms with Crippen LogP contribution in [0.1, 0.15) is 29.5 Å². The number of ether oxygens (including phenoxy) is 1. The summed E-state index contributed by atoms with van der Waals surface area (Å²) in [5, 5.41) is 3.27. The molecule has 1 aliphatic rings. The maximum absolute atomic E-state index is 13.3. The zero-order valence-corrected chi connectivity index (χ0v) is 21.5. The minimum atomic E-state index is -4.40. The Morgan fingerprint density at radius 3 is 2.51 bits per heavy atom. The average molecular weight is 559 g/mol. The molecule has 1 saturated heterocycles. The summed E-state index contributed by atoms with van der Waals surface area (Å²) in [5.74, 6) is 0.0693. The number of hydrogen-bond acceptors (Lipinski definition) is 5. The second-order valence-electron chi connectivity index (χ2n) is 9.23. The van der Waals surface area contributed by atoms with Gasteiger partial charge >= 0.3 is 6.18 Å². The van der Waals surface area contributed by atoms with Crippen LogP contribution in [-0.2, 0) is 34.1 Å². The quantitative estimate of drug-likeness (QED) is 0.309. The third-order valence-corrected chi connectivity index (χ3v) is 8.29. The topological polar surface area (TPSA) is 88.9 Å². The number of carbonyl (C=O) groups excluding carboxylic acids is 1. The molecule has 1 aliphatic heterocycles. The molecule has 3 aromatic carbocycles. The SMILES string of the molecule is O=C(NCc1cccc(OCc2ccc(C(F)(F)F)cc2)c1)C1CCCN1S(=O)(=O)c1cc2ccccc2o1. The number of sulfonamides is 1. The summed E-state index contributed by atoms with van der Waals surface area (Å²) < 4.78 is 77.2. The van der Waals surface area contributed by atoms with Crippen LogP contribution in [0.4, 0.5) is 13.2 Å². The van der Waals surface area contributed by atoms with Gasteiger partial charge in [0.25, 0.3) is 10.0 Å². The van der Waals surface area contributed by atoms with Crippen molar-refractivity contribution in [2.45, 2.75) is 43.3 Å². The number of amides is 1. The molecule has 0 spiro atoms. The maximum Gasteiger partial charge on any atom is 0.416 e. The van der Waals surface area contributed by atoms with Crippen molar-refractivity contribution >= 4 is 26.9 Å². The lowest BCUT2D eigenvalue weighted by Gasteiger charge is -2.22. The van der Waals surface area contributed by atoms with E-state index in [9.17, 15) is 26.4 Å². The highest BCUT2D eigenvalue weighted by molar-refractivity contribution is 7.89. The number of nitrogens with one attached hydrogen (secondary N) is 1. The van der Waals surface area contributed by atoms with Crippen LogP contribution in [0.5, 0.6) is 5.75 Å². The van der Waals surface area contributed by atoms with E-state index in [1.54, 1.807) is 48.5 Å². The Hall–Kier alpha value is -3.83. The third kappa shape index (κ3) is 5.94. The lowest BCUT2D eigenvalue weighted by Crippen LogP contribution is -2.45. The van der Waals surface area contributed by atoms with Gasteiger partial charge in [-0.3, -0.25) is 4.79 Å². The molecule has 1 unspecified atom stereocenters. The van der Waals surface area contributed by atoms with Crippen LogP contribution in [0.15, 0.2) is 88.4 Å². The molecule has 1 amide bonds. The van der Waals surface area contributed by atoms with Crippen molar-refractivity contribution in [2.24, 2.45) is 0 Å². The number of carbonyl (C=O) groups is 1. The Morgan fingerprint density at radius 2 is 1.77 bits per heavy atom. The lowest BCUT2D eigenvalue weighted by molar-refractivity contribution is -0.137. The Bertz CT molecular complexity index is 1550. The number of halogens is 3. The summed E-state index contributed by atoms with van der Waals surface area (Å²) in [6.45, 7) is 0.431. The van der Waals surface area contributed by atoms with Crippen molar-refractivity contribution < 1.29 is 35.5 Å². The van der Waals surface area contributed by atoms with Crippen LogP contribution in [0, 0.1) is 0 Å². The van der Waals surface area contributed by atoms with Gasteiger partial charge in [-0.15, -0.1) is 0 Å². The molecule has 4 aromatic rings. The van der Waals surface area contributed by atoms with Crippen molar-refractivity contribution in [1.82, 2.24) is 9.62 Å². The summed E-state index contributed by atoms with van der Waals surface area (Å²) in [7, 11) is -4.01. The van der Waals surface area contributed by atoms with Crippen LogP contribution >= 0.6 is 0 Å². The summed E-state index contributed by atoms with van der Waals surface area (Å²) in [5.41, 5.74) is 1.03. The van der Waals surface area contributed by atoms with E-state index in [4.69, 9.17) is 9.15 Å². The first-order chi connectivity index (χ1) is 18.6. The molecule has 7 nitrogen and oxygen atoms in total. The normalized spacial score (nSPS) is 16.4. The highest BCUT2D eigenvalue weighted by Gasteiger charge is 2.41. The molecule has 0 aliphatic carbocycles. The summed E-state index contributed by atoms with van der Waals surface area (Å²) in [6.07, 6.45) is -3.46. The largest absolute Gasteiger partial charge is 0.489 e. The van der Waals surface area contributed by atoms with E-state index < -0.39 is 33.7 Å². The number of nitrogens with zero attached hydrogens (tertiary/aromatic N) is 1. The van der Waals surface area contributed by atoms with Gasteiger partial charge in [0.05, 0.1) is 5.56 Å². The third-order valence-electron chi connectivity index (χ3n) is 6.52. The van der Waals surface area contributed by atoms with E-state index in [-0.39, 0.29) is 24.8 Å². The number of fused-ring (bicyclic) bond motifs is 1. The molecule has 1 aromatic heterocycles. The Labute approximate surface area is 223 Å². The Kier molecular flexibility index (Phi) is 7.37. The fraction of sp³-hybridized carbons (Fsp3) is 0.250. The predicted molar refractivity (Wildman–Crippen MR) is 137 cm³/mol. The number of furan rings is 1. The van der Waals surface area contributed by atoms with Crippen LogP contribution in [0.25, 0.3) is 11.0 Å².